The number of likely N-dealkylation sites (tertiary alicyclic amines) is 1. The lowest BCUT2D eigenvalue weighted by atomic mass is 9.94. The number of carbonyl (C=O) groups is 2. The highest BCUT2D eigenvalue weighted by Gasteiger charge is 2.45. The first-order chi connectivity index (χ1) is 14.5. The second-order valence-electron chi connectivity index (χ2n) is 7.50. The molecule has 1 heterocycles. The van der Waals surface area contributed by atoms with Crippen molar-refractivity contribution in [3.05, 3.63) is 83.4 Å². The van der Waals surface area contributed by atoms with Gasteiger partial charge in [0.1, 0.15) is 11.5 Å². The smallest absolute Gasteiger partial charge is 0.295 e. The molecule has 0 aliphatic carbocycles. The molecule has 2 N–H and O–H groups in total. The van der Waals surface area contributed by atoms with Gasteiger partial charge in [0.2, 0.25) is 0 Å². The van der Waals surface area contributed by atoms with Crippen molar-refractivity contribution in [3.8, 4) is 5.75 Å². The summed E-state index contributed by atoms with van der Waals surface area (Å²) < 4.78 is 0. The van der Waals surface area contributed by atoms with Crippen molar-refractivity contribution in [1.29, 1.82) is 0 Å². The highest BCUT2D eigenvalue weighted by molar-refractivity contribution is 6.46. The zero-order valence-electron chi connectivity index (χ0n) is 16.7. The number of hydrogen-bond acceptors (Lipinski definition) is 4. The number of rotatable bonds is 5. The zero-order valence-corrected chi connectivity index (χ0v) is 16.7. The summed E-state index contributed by atoms with van der Waals surface area (Å²) in [5.74, 6) is -1.49. The first kappa shape index (κ1) is 19.7. The van der Waals surface area contributed by atoms with Crippen LogP contribution in [0.5, 0.6) is 5.75 Å². The number of aliphatic hydroxyl groups is 1. The Labute approximate surface area is 174 Å². The number of benzene rings is 3. The Hall–Kier alpha value is -3.60. The van der Waals surface area contributed by atoms with Gasteiger partial charge in [0, 0.05) is 12.1 Å². The molecule has 0 bridgehead atoms. The number of nitrogens with zero attached hydrogens (tertiary/aromatic N) is 1. The Kier molecular flexibility index (Phi) is 5.27. The molecule has 0 aromatic heterocycles. The topological polar surface area (TPSA) is 77.8 Å². The summed E-state index contributed by atoms with van der Waals surface area (Å²) in [6.45, 7) is 2.41. The lowest BCUT2D eigenvalue weighted by molar-refractivity contribution is -0.139. The van der Waals surface area contributed by atoms with E-state index in [4.69, 9.17) is 0 Å². The molecular formula is C25H23NO4. The van der Waals surface area contributed by atoms with Crippen LogP contribution in [-0.2, 0) is 9.59 Å². The minimum absolute atomic E-state index is 0.0410. The van der Waals surface area contributed by atoms with Gasteiger partial charge in [-0.05, 0) is 41.0 Å². The quantitative estimate of drug-likeness (QED) is 0.367. The molecule has 1 aliphatic rings. The molecule has 0 spiro atoms. The summed E-state index contributed by atoms with van der Waals surface area (Å²) in [5, 5.41) is 23.0. The molecule has 30 heavy (non-hydrogen) atoms. The summed E-state index contributed by atoms with van der Waals surface area (Å²) in [7, 11) is 0. The van der Waals surface area contributed by atoms with E-state index < -0.39 is 17.7 Å². The number of phenols is 1. The normalized spacial score (nSPS) is 18.3. The number of aliphatic hydroxyl groups excluding tert-OH is 1. The molecule has 1 aliphatic heterocycles. The molecule has 152 valence electrons. The summed E-state index contributed by atoms with van der Waals surface area (Å²) in [4.78, 5) is 27.3. The van der Waals surface area contributed by atoms with Crippen LogP contribution >= 0.6 is 0 Å². The average Bonchev–Trinajstić information content (AvgIpc) is 3.01. The van der Waals surface area contributed by atoms with Crippen molar-refractivity contribution in [1.82, 2.24) is 4.90 Å². The summed E-state index contributed by atoms with van der Waals surface area (Å²) >= 11 is 0. The minimum Gasteiger partial charge on any atom is -0.508 e. The van der Waals surface area contributed by atoms with Crippen molar-refractivity contribution in [2.45, 2.75) is 25.8 Å². The number of hydrogen-bond donors (Lipinski definition) is 2. The van der Waals surface area contributed by atoms with Crippen LogP contribution in [0.15, 0.2) is 72.3 Å². The van der Waals surface area contributed by atoms with E-state index in [0.29, 0.717) is 17.7 Å². The van der Waals surface area contributed by atoms with E-state index in [1.807, 2.05) is 43.3 Å². The van der Waals surface area contributed by atoms with E-state index in [0.717, 1.165) is 23.6 Å². The van der Waals surface area contributed by atoms with E-state index in [1.54, 1.807) is 18.2 Å². The maximum absolute atomic E-state index is 13.0. The number of phenolic OH excluding ortho intramolecular Hbond substituents is 1. The Bertz CT molecular complexity index is 1160. The van der Waals surface area contributed by atoms with Crippen molar-refractivity contribution in [2.75, 3.05) is 6.54 Å². The molecule has 5 heteroatoms. The Morgan fingerprint density at radius 2 is 1.73 bits per heavy atom. The Morgan fingerprint density at radius 3 is 2.47 bits per heavy atom. The molecule has 1 atom stereocenters. The monoisotopic (exact) mass is 401 g/mol. The maximum Gasteiger partial charge on any atom is 0.295 e. The fourth-order valence-corrected chi connectivity index (χ4v) is 3.97. The number of unbranched alkanes of at least 4 members (excludes halogenated alkanes) is 1. The van der Waals surface area contributed by atoms with Crippen LogP contribution in [0.2, 0.25) is 0 Å². The molecule has 5 nitrogen and oxygen atoms in total. The second kappa shape index (κ2) is 8.03. The van der Waals surface area contributed by atoms with Gasteiger partial charge in [0.05, 0.1) is 11.6 Å². The molecule has 0 saturated carbocycles. The summed E-state index contributed by atoms with van der Waals surface area (Å²) in [6, 6.07) is 18.9. The van der Waals surface area contributed by atoms with E-state index in [1.165, 1.54) is 17.0 Å². The molecule has 1 fully saturated rings. The van der Waals surface area contributed by atoms with Gasteiger partial charge in [-0.15, -0.1) is 0 Å². The van der Waals surface area contributed by atoms with Crippen molar-refractivity contribution in [3.63, 3.8) is 0 Å². The number of Topliss-reactive ketones (excluding diaryl/α,β-unsaturated/α-hetero) is 1. The predicted octanol–water partition coefficient (Wildman–Crippen LogP) is 4.77. The van der Waals surface area contributed by atoms with E-state index in [-0.39, 0.29) is 17.1 Å². The Balaban J connectivity index is 1.88. The molecule has 4 rings (SSSR count). The zero-order chi connectivity index (χ0) is 21.3. The molecule has 0 radical (unpaired) electrons. The van der Waals surface area contributed by atoms with Gasteiger partial charge in [0.15, 0.2) is 0 Å². The van der Waals surface area contributed by atoms with Crippen molar-refractivity contribution in [2.24, 2.45) is 0 Å². The molecule has 1 unspecified atom stereocenters. The van der Waals surface area contributed by atoms with Gasteiger partial charge < -0.3 is 15.1 Å². The number of amides is 1. The second-order valence-corrected chi connectivity index (χ2v) is 7.50. The molecule has 1 amide bonds. The van der Waals surface area contributed by atoms with Crippen LogP contribution in [-0.4, -0.2) is 33.3 Å². The first-order valence-electron chi connectivity index (χ1n) is 10.1. The first-order valence-corrected chi connectivity index (χ1v) is 10.1. The fourth-order valence-electron chi connectivity index (χ4n) is 3.97. The summed E-state index contributed by atoms with van der Waals surface area (Å²) in [6.07, 6.45) is 1.60. The highest BCUT2D eigenvalue weighted by atomic mass is 16.3. The average molecular weight is 401 g/mol. The lowest BCUT2D eigenvalue weighted by Crippen LogP contribution is -2.30. The van der Waals surface area contributed by atoms with E-state index in [9.17, 15) is 19.8 Å². The number of aromatic hydroxyl groups is 1. The van der Waals surface area contributed by atoms with Gasteiger partial charge in [-0.1, -0.05) is 61.9 Å². The van der Waals surface area contributed by atoms with Crippen LogP contribution in [0, 0.1) is 0 Å². The number of fused-ring (bicyclic) bond motifs is 1. The third-order valence-corrected chi connectivity index (χ3v) is 5.50. The summed E-state index contributed by atoms with van der Waals surface area (Å²) in [5.41, 5.74) is 1.12. The van der Waals surface area contributed by atoms with Crippen LogP contribution in [0.3, 0.4) is 0 Å². The van der Waals surface area contributed by atoms with Gasteiger partial charge in [0.25, 0.3) is 11.7 Å². The van der Waals surface area contributed by atoms with Crippen molar-refractivity contribution >= 4 is 28.2 Å². The maximum atomic E-state index is 13.0. The molecule has 3 aromatic carbocycles. The highest BCUT2D eigenvalue weighted by Crippen LogP contribution is 2.40. The van der Waals surface area contributed by atoms with Gasteiger partial charge >= 0.3 is 0 Å². The van der Waals surface area contributed by atoms with Crippen LogP contribution < -0.4 is 0 Å². The molecule has 3 aromatic rings. The molecular weight excluding hydrogens is 378 g/mol. The Morgan fingerprint density at radius 1 is 0.967 bits per heavy atom. The van der Waals surface area contributed by atoms with E-state index >= 15 is 0 Å². The van der Waals surface area contributed by atoms with E-state index in [2.05, 4.69) is 0 Å². The standard InChI is InChI=1S/C25H23NO4/c1-2-3-13-26-22(18-9-6-10-20(27)15-18)21(24(29)25(26)30)23(28)19-12-11-16-7-4-5-8-17(16)14-19/h4-12,14-15,22,27-28H,2-3,13H2,1H3/b23-21-. The van der Waals surface area contributed by atoms with Gasteiger partial charge in [-0.3, -0.25) is 9.59 Å². The number of ketones is 1. The fraction of sp³-hybridized carbons (Fsp3) is 0.200. The van der Waals surface area contributed by atoms with Crippen LogP contribution in [0.4, 0.5) is 0 Å². The van der Waals surface area contributed by atoms with Crippen molar-refractivity contribution < 1.29 is 19.8 Å². The SMILES string of the molecule is CCCCN1C(=O)C(=O)/C(=C(\O)c2ccc3ccccc3c2)C1c1cccc(O)c1. The number of carbonyl (C=O) groups excluding carboxylic acids is 2. The van der Waals surface area contributed by atoms with Crippen LogP contribution in [0.25, 0.3) is 16.5 Å². The molecule has 1 saturated heterocycles. The third kappa shape index (κ3) is 3.43. The van der Waals surface area contributed by atoms with Gasteiger partial charge in [-0.25, -0.2) is 0 Å². The van der Waals surface area contributed by atoms with Gasteiger partial charge in [-0.2, -0.15) is 0 Å². The minimum atomic E-state index is -0.741. The lowest BCUT2D eigenvalue weighted by Gasteiger charge is -2.25. The van der Waals surface area contributed by atoms with Crippen LogP contribution in [0.1, 0.15) is 36.9 Å². The third-order valence-electron chi connectivity index (χ3n) is 5.50. The largest absolute Gasteiger partial charge is 0.508 e. The predicted molar refractivity (Wildman–Crippen MR) is 116 cm³/mol.